The van der Waals surface area contributed by atoms with Crippen molar-refractivity contribution in [3.63, 3.8) is 0 Å². The highest BCUT2D eigenvalue weighted by atomic mass is 79.9. The minimum Gasteiger partial charge on any atom is -0.454 e. The molecule has 0 aliphatic carbocycles. The average molecular weight is 453 g/mol. The van der Waals surface area contributed by atoms with Gasteiger partial charge in [-0.3, -0.25) is 10.1 Å². The van der Waals surface area contributed by atoms with E-state index in [4.69, 9.17) is 26.1 Å². The molecule has 27 heavy (non-hydrogen) atoms. The van der Waals surface area contributed by atoms with Gasteiger partial charge < -0.3 is 23.7 Å². The Morgan fingerprint density at radius 3 is 2.70 bits per heavy atom. The van der Waals surface area contributed by atoms with Crippen molar-refractivity contribution in [3.8, 4) is 11.5 Å². The highest BCUT2D eigenvalue weighted by molar-refractivity contribution is 9.10. The Kier molecular flexibility index (Phi) is 5.33. The molecule has 0 spiro atoms. The van der Waals surface area contributed by atoms with E-state index in [9.17, 15) is 4.79 Å². The molecule has 1 saturated heterocycles. The second-order valence-corrected chi connectivity index (χ2v) is 7.63. The van der Waals surface area contributed by atoms with Crippen molar-refractivity contribution in [2.75, 3.05) is 33.0 Å². The molecule has 2 N–H and O–H groups in total. The lowest BCUT2D eigenvalue weighted by Gasteiger charge is -2.33. The zero-order valence-electron chi connectivity index (χ0n) is 14.5. The smallest absolute Gasteiger partial charge is 0.293 e. The van der Waals surface area contributed by atoms with E-state index in [1.54, 1.807) is 12.1 Å². The minimum atomic E-state index is -0.333. The van der Waals surface area contributed by atoms with E-state index in [0.717, 1.165) is 44.2 Å². The van der Waals surface area contributed by atoms with Crippen LogP contribution in [0, 0.1) is 0 Å². The lowest BCUT2D eigenvalue weighted by Crippen LogP contribution is -3.13. The number of nitrogens with one attached hydrogen (secondary N) is 2. The van der Waals surface area contributed by atoms with Crippen LogP contribution in [0.3, 0.4) is 0 Å². The number of fused-ring (bicyclic) bond motifs is 1. The summed E-state index contributed by atoms with van der Waals surface area (Å²) in [5.74, 6) is 1.53. The molecule has 3 heterocycles. The molecule has 0 saturated carbocycles. The van der Waals surface area contributed by atoms with E-state index in [0.29, 0.717) is 16.6 Å². The van der Waals surface area contributed by atoms with E-state index in [1.165, 1.54) is 10.5 Å². The van der Waals surface area contributed by atoms with Crippen molar-refractivity contribution in [2.24, 2.45) is 0 Å². The molecule has 7 nitrogen and oxygen atoms in total. The molecule has 9 heteroatoms. The number of thiocarbonyl (C=S) groups is 1. The fourth-order valence-corrected chi connectivity index (χ4v) is 3.80. The van der Waals surface area contributed by atoms with Crippen LogP contribution in [0.5, 0.6) is 11.5 Å². The van der Waals surface area contributed by atoms with Crippen LogP contribution in [0.1, 0.15) is 16.1 Å². The van der Waals surface area contributed by atoms with E-state index in [2.05, 4.69) is 27.3 Å². The van der Waals surface area contributed by atoms with Crippen LogP contribution in [0.25, 0.3) is 0 Å². The quantitative estimate of drug-likeness (QED) is 0.681. The number of carbonyl (C=O) groups is 1. The summed E-state index contributed by atoms with van der Waals surface area (Å²) in [6.07, 6.45) is 0. The molecule has 4 rings (SSSR count). The van der Waals surface area contributed by atoms with Crippen molar-refractivity contribution in [2.45, 2.75) is 6.54 Å². The Morgan fingerprint density at radius 1 is 1.19 bits per heavy atom. The van der Waals surface area contributed by atoms with Gasteiger partial charge in [0.2, 0.25) is 6.79 Å². The first kappa shape index (κ1) is 18.3. The fraction of sp³-hybridized carbons (Fsp3) is 0.333. The number of quaternary nitrogens is 1. The van der Waals surface area contributed by atoms with Crippen molar-refractivity contribution < 1.29 is 23.6 Å². The molecule has 1 amide bonds. The molecule has 0 atom stereocenters. The summed E-state index contributed by atoms with van der Waals surface area (Å²) in [6, 6.07) is 9.38. The van der Waals surface area contributed by atoms with Crippen molar-refractivity contribution in [1.29, 1.82) is 0 Å². The van der Waals surface area contributed by atoms with Gasteiger partial charge in [0.25, 0.3) is 5.91 Å². The van der Waals surface area contributed by atoms with E-state index >= 15 is 0 Å². The molecule has 142 valence electrons. The number of rotatable bonds is 3. The first-order chi connectivity index (χ1) is 13.1. The number of benzene rings is 1. The standard InChI is InChI=1S/C18H18BrN3O4S/c19-16-4-3-14(26-16)17(23)20-18(27)22-7-5-21(6-8-22)10-12-1-2-13-15(9-12)25-11-24-13/h1-4,9H,5-8,10-11H2,(H,20,23,27)/p+1. The van der Waals surface area contributed by atoms with E-state index in [-0.39, 0.29) is 11.7 Å². The maximum absolute atomic E-state index is 12.1. The number of amides is 1. The fourth-order valence-electron chi connectivity index (χ4n) is 3.22. The molecule has 2 aliphatic heterocycles. The van der Waals surface area contributed by atoms with Gasteiger partial charge in [0.05, 0.1) is 26.2 Å². The van der Waals surface area contributed by atoms with Crippen LogP contribution in [0.15, 0.2) is 39.4 Å². The Balaban J connectivity index is 1.27. The van der Waals surface area contributed by atoms with Crippen molar-refractivity contribution in [3.05, 3.63) is 46.3 Å². The highest BCUT2D eigenvalue weighted by Crippen LogP contribution is 2.32. The minimum absolute atomic E-state index is 0.233. The summed E-state index contributed by atoms with van der Waals surface area (Å²) in [6.45, 7) is 4.68. The molecule has 1 aromatic heterocycles. The maximum Gasteiger partial charge on any atom is 0.293 e. The van der Waals surface area contributed by atoms with E-state index in [1.807, 2.05) is 17.0 Å². The summed E-state index contributed by atoms with van der Waals surface area (Å²) in [5.41, 5.74) is 1.22. The molecule has 1 fully saturated rings. The third kappa shape index (κ3) is 4.26. The van der Waals surface area contributed by atoms with Gasteiger partial charge in [-0.05, 0) is 58.5 Å². The monoisotopic (exact) mass is 452 g/mol. The summed E-state index contributed by atoms with van der Waals surface area (Å²) in [4.78, 5) is 15.6. The first-order valence-corrected chi connectivity index (χ1v) is 9.86. The number of nitrogens with zero attached hydrogens (tertiary/aromatic N) is 1. The third-order valence-electron chi connectivity index (χ3n) is 4.67. The molecule has 2 aromatic rings. The lowest BCUT2D eigenvalue weighted by atomic mass is 10.1. The number of furan rings is 1. The van der Waals surface area contributed by atoms with E-state index < -0.39 is 0 Å². The Labute approximate surface area is 170 Å². The summed E-state index contributed by atoms with van der Waals surface area (Å²) in [5, 5.41) is 3.18. The van der Waals surface area contributed by atoms with Crippen LogP contribution >= 0.6 is 28.1 Å². The number of hydrogen-bond acceptors (Lipinski definition) is 5. The number of hydrogen-bond donors (Lipinski definition) is 2. The second kappa shape index (κ2) is 7.87. The van der Waals surface area contributed by atoms with Crippen LogP contribution in [-0.4, -0.2) is 48.9 Å². The molecule has 0 bridgehead atoms. The van der Waals surface area contributed by atoms with Crippen LogP contribution in [0.4, 0.5) is 0 Å². The predicted octanol–water partition coefficient (Wildman–Crippen LogP) is 1.19. The third-order valence-corrected chi connectivity index (χ3v) is 5.45. The summed E-state index contributed by atoms with van der Waals surface area (Å²) in [7, 11) is 0. The molecule has 1 aromatic carbocycles. The maximum atomic E-state index is 12.1. The van der Waals surface area contributed by atoms with Crippen LogP contribution in [-0.2, 0) is 6.54 Å². The lowest BCUT2D eigenvalue weighted by molar-refractivity contribution is -0.917. The predicted molar refractivity (Wildman–Crippen MR) is 105 cm³/mol. The van der Waals surface area contributed by atoms with Gasteiger partial charge in [0, 0.05) is 5.56 Å². The van der Waals surface area contributed by atoms with Gasteiger partial charge in [-0.25, -0.2) is 0 Å². The number of carbonyl (C=O) groups excluding carboxylic acids is 1. The van der Waals surface area contributed by atoms with Crippen LogP contribution < -0.4 is 19.7 Å². The zero-order chi connectivity index (χ0) is 18.8. The Morgan fingerprint density at radius 2 is 1.96 bits per heavy atom. The SMILES string of the molecule is O=C(NC(=S)N1CC[NH+](Cc2ccc3c(c2)OCO3)CC1)c1ccc(Br)o1. The molecule has 0 unspecified atom stereocenters. The van der Waals surface area contributed by atoms with Gasteiger partial charge >= 0.3 is 0 Å². The Bertz CT molecular complexity index is 864. The number of piperazine rings is 1. The largest absolute Gasteiger partial charge is 0.454 e. The van der Waals surface area contributed by atoms with Crippen molar-refractivity contribution in [1.82, 2.24) is 10.2 Å². The Hall–Kier alpha value is -2.10. The van der Waals surface area contributed by atoms with Gasteiger partial charge in [0.15, 0.2) is 27.0 Å². The summed E-state index contributed by atoms with van der Waals surface area (Å²) >= 11 is 8.57. The van der Waals surface area contributed by atoms with Crippen molar-refractivity contribution >= 4 is 39.2 Å². The topological polar surface area (TPSA) is 68.4 Å². The normalized spacial score (nSPS) is 16.4. The summed E-state index contributed by atoms with van der Waals surface area (Å²) < 4.78 is 16.6. The van der Waals surface area contributed by atoms with Gasteiger partial charge in [-0.1, -0.05) is 0 Å². The van der Waals surface area contributed by atoms with Gasteiger partial charge in [0.1, 0.15) is 6.54 Å². The zero-order valence-corrected chi connectivity index (χ0v) is 16.9. The average Bonchev–Trinajstić information content (AvgIpc) is 3.30. The molecule has 2 aliphatic rings. The number of halogens is 1. The van der Waals surface area contributed by atoms with Gasteiger partial charge in [-0.2, -0.15) is 0 Å². The molecular weight excluding hydrogens is 434 g/mol. The van der Waals surface area contributed by atoms with Gasteiger partial charge in [-0.15, -0.1) is 0 Å². The number of ether oxygens (including phenoxy) is 2. The molecular formula is C18H19BrN3O4S+. The first-order valence-electron chi connectivity index (χ1n) is 8.66. The second-order valence-electron chi connectivity index (χ2n) is 6.46. The molecule has 0 radical (unpaired) electrons. The highest BCUT2D eigenvalue weighted by Gasteiger charge is 2.24. The van der Waals surface area contributed by atoms with Crippen LogP contribution in [0.2, 0.25) is 0 Å².